The normalized spacial score (nSPS) is 17.3. The van der Waals surface area contributed by atoms with E-state index in [2.05, 4.69) is 6.07 Å². The van der Waals surface area contributed by atoms with Crippen molar-refractivity contribution in [3.05, 3.63) is 35.1 Å². The second kappa shape index (κ2) is 3.07. The third-order valence-corrected chi connectivity index (χ3v) is 1.58. The second-order valence-electron chi connectivity index (χ2n) is 2.51. The fraction of sp³-hybridized carbons (Fsp3) is 0.222. The van der Waals surface area contributed by atoms with Crippen molar-refractivity contribution < 1.29 is 0 Å². The summed E-state index contributed by atoms with van der Waals surface area (Å²) < 4.78 is 0. The van der Waals surface area contributed by atoms with Crippen molar-refractivity contribution in [1.82, 2.24) is 0 Å². The van der Waals surface area contributed by atoms with E-state index in [9.17, 15) is 0 Å². The summed E-state index contributed by atoms with van der Waals surface area (Å²) in [4.78, 5) is 0. The Balaban J connectivity index is 3.04. The van der Waals surface area contributed by atoms with Gasteiger partial charge in [0.1, 0.15) is 6.07 Å². The van der Waals surface area contributed by atoms with Crippen LogP contribution in [0.25, 0.3) is 0 Å². The van der Waals surface area contributed by atoms with Crippen LogP contribution in [0.5, 0.6) is 0 Å². The van der Waals surface area contributed by atoms with Gasteiger partial charge >= 0.3 is 0 Å². The van der Waals surface area contributed by atoms with E-state index >= 15 is 0 Å². The van der Waals surface area contributed by atoms with E-state index in [1.807, 2.05) is 19.1 Å². The summed E-state index contributed by atoms with van der Waals surface area (Å²) in [5.74, 6) is 0. The van der Waals surface area contributed by atoms with Crippen LogP contribution in [0.1, 0.15) is 13.3 Å². The van der Waals surface area contributed by atoms with Crippen LogP contribution in [-0.2, 0) is 0 Å². The van der Waals surface area contributed by atoms with Crippen LogP contribution in [0.3, 0.4) is 0 Å². The van der Waals surface area contributed by atoms with Crippen LogP contribution in [0.15, 0.2) is 35.1 Å². The van der Waals surface area contributed by atoms with E-state index in [1.165, 1.54) is 0 Å². The molecule has 0 unspecified atom stereocenters. The number of nitriles is 1. The van der Waals surface area contributed by atoms with Crippen molar-refractivity contribution in [3.8, 4) is 6.07 Å². The summed E-state index contributed by atoms with van der Waals surface area (Å²) in [6.07, 6.45) is 6.51. The number of hydrogen-bond donors (Lipinski definition) is 1. The minimum atomic E-state index is 0.566. The SMILES string of the molecule is CC1=CCC=C(N)C(C#N)=C1. The molecule has 0 saturated heterocycles. The highest BCUT2D eigenvalue weighted by Crippen LogP contribution is 2.13. The van der Waals surface area contributed by atoms with Crippen molar-refractivity contribution in [2.24, 2.45) is 5.73 Å². The lowest BCUT2D eigenvalue weighted by Crippen LogP contribution is -1.98. The van der Waals surface area contributed by atoms with Crippen molar-refractivity contribution in [2.75, 3.05) is 0 Å². The van der Waals surface area contributed by atoms with Gasteiger partial charge in [-0.3, -0.25) is 0 Å². The first-order chi connectivity index (χ1) is 5.24. The highest BCUT2D eigenvalue weighted by molar-refractivity contribution is 5.46. The van der Waals surface area contributed by atoms with Crippen LogP contribution < -0.4 is 5.73 Å². The second-order valence-corrected chi connectivity index (χ2v) is 2.51. The topological polar surface area (TPSA) is 49.8 Å². The van der Waals surface area contributed by atoms with Gasteiger partial charge in [-0.1, -0.05) is 17.7 Å². The number of nitrogens with zero attached hydrogens (tertiary/aromatic N) is 1. The van der Waals surface area contributed by atoms with E-state index < -0.39 is 0 Å². The van der Waals surface area contributed by atoms with Crippen molar-refractivity contribution in [1.29, 1.82) is 5.26 Å². The number of nitrogens with two attached hydrogens (primary N) is 1. The van der Waals surface area contributed by atoms with Gasteiger partial charge in [0.25, 0.3) is 0 Å². The molecule has 2 heteroatoms. The summed E-state index contributed by atoms with van der Waals surface area (Å²) in [7, 11) is 0. The molecule has 2 N–H and O–H groups in total. The summed E-state index contributed by atoms with van der Waals surface area (Å²) >= 11 is 0. The van der Waals surface area contributed by atoms with Crippen LogP contribution in [-0.4, -0.2) is 0 Å². The summed E-state index contributed by atoms with van der Waals surface area (Å²) in [6.45, 7) is 1.96. The minimum Gasteiger partial charge on any atom is -0.398 e. The molecule has 2 nitrogen and oxygen atoms in total. The Bertz CT molecular complexity index is 287. The quantitative estimate of drug-likeness (QED) is 0.564. The zero-order valence-corrected chi connectivity index (χ0v) is 6.46. The molecule has 0 saturated carbocycles. The largest absolute Gasteiger partial charge is 0.398 e. The Labute approximate surface area is 66.3 Å². The molecule has 0 fully saturated rings. The van der Waals surface area contributed by atoms with E-state index in [4.69, 9.17) is 11.0 Å². The monoisotopic (exact) mass is 146 g/mol. The lowest BCUT2D eigenvalue weighted by molar-refractivity contribution is 1.28. The predicted octanol–water partition coefficient (Wildman–Crippen LogP) is 1.63. The van der Waals surface area contributed by atoms with Crippen LogP contribution >= 0.6 is 0 Å². The molecule has 0 spiro atoms. The molecule has 0 aromatic heterocycles. The highest BCUT2D eigenvalue weighted by atomic mass is 14.6. The average molecular weight is 146 g/mol. The van der Waals surface area contributed by atoms with Gasteiger partial charge in [-0.2, -0.15) is 5.26 Å². The maximum atomic E-state index is 8.64. The Morgan fingerprint density at radius 1 is 1.55 bits per heavy atom. The number of hydrogen-bond acceptors (Lipinski definition) is 2. The molecule has 0 radical (unpaired) electrons. The molecule has 0 aromatic rings. The van der Waals surface area contributed by atoms with Crippen LogP contribution in [0.4, 0.5) is 0 Å². The van der Waals surface area contributed by atoms with E-state index in [1.54, 1.807) is 6.08 Å². The predicted molar refractivity (Wildman–Crippen MR) is 44.3 cm³/mol. The Kier molecular flexibility index (Phi) is 2.12. The maximum absolute atomic E-state index is 8.64. The molecule has 11 heavy (non-hydrogen) atoms. The Hall–Kier alpha value is -1.49. The third-order valence-electron chi connectivity index (χ3n) is 1.58. The van der Waals surface area contributed by atoms with E-state index in [0.29, 0.717) is 11.3 Å². The van der Waals surface area contributed by atoms with Gasteiger partial charge in [0.05, 0.1) is 5.57 Å². The fourth-order valence-corrected chi connectivity index (χ4v) is 0.948. The fourth-order valence-electron chi connectivity index (χ4n) is 0.948. The standard InChI is InChI=1S/C9H10N2/c1-7-3-2-4-9(11)8(5-7)6-10/h3-5H,2,11H2,1H3. The smallest absolute Gasteiger partial charge is 0.101 e. The highest BCUT2D eigenvalue weighted by Gasteiger charge is 2.01. The first-order valence-electron chi connectivity index (χ1n) is 3.48. The first-order valence-corrected chi connectivity index (χ1v) is 3.48. The third kappa shape index (κ3) is 1.71. The Morgan fingerprint density at radius 3 is 2.91 bits per heavy atom. The van der Waals surface area contributed by atoms with Gasteiger partial charge in [-0.05, 0) is 19.4 Å². The van der Waals surface area contributed by atoms with Crippen LogP contribution in [0, 0.1) is 11.3 Å². The van der Waals surface area contributed by atoms with Gasteiger partial charge in [0.15, 0.2) is 0 Å². The molecule has 1 aliphatic carbocycles. The van der Waals surface area contributed by atoms with Crippen LogP contribution in [0.2, 0.25) is 0 Å². The molecule has 0 aliphatic heterocycles. The van der Waals surface area contributed by atoms with Gasteiger partial charge in [-0.25, -0.2) is 0 Å². The average Bonchev–Trinajstić information content (AvgIpc) is 2.13. The van der Waals surface area contributed by atoms with Crippen molar-refractivity contribution >= 4 is 0 Å². The molecule has 1 rings (SSSR count). The summed E-state index contributed by atoms with van der Waals surface area (Å²) in [5, 5.41) is 8.64. The molecule has 0 aromatic carbocycles. The molecular weight excluding hydrogens is 136 g/mol. The van der Waals surface area contributed by atoms with Crippen molar-refractivity contribution in [2.45, 2.75) is 13.3 Å². The van der Waals surface area contributed by atoms with Gasteiger partial charge < -0.3 is 5.73 Å². The lowest BCUT2D eigenvalue weighted by Gasteiger charge is -1.94. The van der Waals surface area contributed by atoms with Gasteiger partial charge in [-0.15, -0.1) is 0 Å². The first kappa shape index (κ1) is 7.62. The molecule has 0 amide bonds. The molecule has 1 aliphatic rings. The summed E-state index contributed by atoms with van der Waals surface area (Å²) in [6, 6.07) is 2.05. The van der Waals surface area contributed by atoms with E-state index in [-0.39, 0.29) is 0 Å². The maximum Gasteiger partial charge on any atom is 0.101 e. The molecule has 0 atom stereocenters. The number of allylic oxidation sites excluding steroid dienone is 5. The van der Waals surface area contributed by atoms with E-state index in [0.717, 1.165) is 12.0 Å². The molecular formula is C9H10N2. The molecule has 0 bridgehead atoms. The lowest BCUT2D eigenvalue weighted by atomic mass is 10.2. The Morgan fingerprint density at radius 2 is 2.27 bits per heavy atom. The molecule has 0 heterocycles. The van der Waals surface area contributed by atoms with Crippen molar-refractivity contribution in [3.63, 3.8) is 0 Å². The number of rotatable bonds is 0. The van der Waals surface area contributed by atoms with Gasteiger partial charge in [0, 0.05) is 5.70 Å². The van der Waals surface area contributed by atoms with Gasteiger partial charge in [0.2, 0.25) is 0 Å². The molecule has 56 valence electrons. The summed E-state index contributed by atoms with van der Waals surface area (Å²) in [5.41, 5.74) is 7.83. The zero-order valence-electron chi connectivity index (χ0n) is 6.46. The minimum absolute atomic E-state index is 0.566. The zero-order chi connectivity index (χ0) is 8.27.